The highest BCUT2D eigenvalue weighted by atomic mass is 32.1. The van der Waals surface area contributed by atoms with E-state index < -0.39 is 0 Å². The first-order chi connectivity index (χ1) is 11.2. The number of hydrogen-bond acceptors (Lipinski definition) is 5. The summed E-state index contributed by atoms with van der Waals surface area (Å²) in [5, 5.41) is 3.21. The fraction of sp³-hybridized carbons (Fsp3) is 0.412. The predicted octanol–water partition coefficient (Wildman–Crippen LogP) is 2.22. The molecule has 3 saturated heterocycles. The molecule has 5 nitrogen and oxygen atoms in total. The van der Waals surface area contributed by atoms with Crippen LogP contribution in [0.4, 0.5) is 5.69 Å². The van der Waals surface area contributed by atoms with Crippen molar-refractivity contribution in [3.8, 4) is 10.4 Å². The van der Waals surface area contributed by atoms with Gasteiger partial charge < -0.3 is 16.0 Å². The van der Waals surface area contributed by atoms with Crippen LogP contribution in [0.25, 0.3) is 10.4 Å². The number of aromatic nitrogens is 1. The van der Waals surface area contributed by atoms with Crippen LogP contribution in [0.5, 0.6) is 0 Å². The van der Waals surface area contributed by atoms with Crippen molar-refractivity contribution in [3.05, 3.63) is 35.5 Å². The number of amides is 1. The zero-order chi connectivity index (χ0) is 15.8. The van der Waals surface area contributed by atoms with E-state index in [1.807, 2.05) is 18.2 Å². The van der Waals surface area contributed by atoms with E-state index in [0.717, 1.165) is 17.0 Å². The van der Waals surface area contributed by atoms with Gasteiger partial charge in [0.05, 0.1) is 5.69 Å². The van der Waals surface area contributed by atoms with E-state index in [4.69, 9.17) is 5.73 Å². The molecule has 3 fully saturated rings. The van der Waals surface area contributed by atoms with Crippen LogP contribution in [0.1, 0.15) is 22.5 Å². The van der Waals surface area contributed by atoms with Gasteiger partial charge in [-0.25, -0.2) is 0 Å². The fourth-order valence-corrected chi connectivity index (χ4v) is 4.57. The number of piperidine rings is 3. The molecule has 23 heavy (non-hydrogen) atoms. The highest BCUT2D eigenvalue weighted by Crippen LogP contribution is 2.33. The van der Waals surface area contributed by atoms with Crippen LogP contribution in [0.2, 0.25) is 0 Å². The van der Waals surface area contributed by atoms with E-state index in [-0.39, 0.29) is 11.9 Å². The van der Waals surface area contributed by atoms with E-state index >= 15 is 0 Å². The minimum Gasteiger partial charge on any atom is -0.397 e. The van der Waals surface area contributed by atoms with Gasteiger partial charge in [0.15, 0.2) is 0 Å². The third-order valence-electron chi connectivity index (χ3n) is 4.89. The molecule has 0 saturated carbocycles. The van der Waals surface area contributed by atoms with Gasteiger partial charge in [0.25, 0.3) is 5.91 Å². The molecule has 0 radical (unpaired) electrons. The predicted molar refractivity (Wildman–Crippen MR) is 92.4 cm³/mol. The van der Waals surface area contributed by atoms with Gasteiger partial charge in [-0.05, 0) is 44.0 Å². The summed E-state index contributed by atoms with van der Waals surface area (Å²) in [7, 11) is 0. The molecule has 0 unspecified atom stereocenters. The molecule has 2 bridgehead atoms. The zero-order valence-electron chi connectivity index (χ0n) is 12.9. The fourth-order valence-electron chi connectivity index (χ4n) is 3.60. The number of nitrogen functional groups attached to an aromatic ring is 1. The smallest absolute Gasteiger partial charge is 0.263 e. The Morgan fingerprint density at radius 3 is 2.87 bits per heavy atom. The molecule has 3 aliphatic rings. The number of carbonyl (C=O) groups excluding carboxylic acids is 1. The van der Waals surface area contributed by atoms with Crippen molar-refractivity contribution in [1.82, 2.24) is 15.2 Å². The van der Waals surface area contributed by atoms with Crippen molar-refractivity contribution in [2.24, 2.45) is 5.92 Å². The van der Waals surface area contributed by atoms with Crippen molar-refractivity contribution in [1.29, 1.82) is 0 Å². The van der Waals surface area contributed by atoms with Crippen molar-refractivity contribution < 1.29 is 4.79 Å². The molecular weight excluding hydrogens is 308 g/mol. The van der Waals surface area contributed by atoms with Gasteiger partial charge in [-0.1, -0.05) is 6.07 Å². The van der Waals surface area contributed by atoms with Gasteiger partial charge in [0.1, 0.15) is 4.88 Å². The molecule has 2 aromatic heterocycles. The number of hydrogen-bond donors (Lipinski definition) is 2. The maximum atomic E-state index is 12.6. The van der Waals surface area contributed by atoms with Gasteiger partial charge in [-0.3, -0.25) is 9.78 Å². The molecule has 0 aromatic carbocycles. The Balaban J connectivity index is 1.52. The molecule has 120 valence electrons. The summed E-state index contributed by atoms with van der Waals surface area (Å²) in [4.78, 5) is 20.8. The van der Waals surface area contributed by atoms with Gasteiger partial charge >= 0.3 is 0 Å². The summed E-state index contributed by atoms with van der Waals surface area (Å²) in [6, 6.07) is 5.99. The molecule has 5 rings (SSSR count). The third-order valence-corrected chi connectivity index (χ3v) is 6.08. The van der Waals surface area contributed by atoms with Gasteiger partial charge in [-0.2, -0.15) is 0 Å². The summed E-state index contributed by atoms with van der Waals surface area (Å²) < 4.78 is 0. The van der Waals surface area contributed by atoms with E-state index in [0.29, 0.717) is 16.5 Å². The first-order valence-corrected chi connectivity index (χ1v) is 8.85. The van der Waals surface area contributed by atoms with E-state index in [2.05, 4.69) is 15.2 Å². The number of nitrogens with two attached hydrogens (primary N) is 1. The van der Waals surface area contributed by atoms with Crippen LogP contribution < -0.4 is 11.1 Å². The average molecular weight is 328 g/mol. The molecule has 2 aromatic rings. The Morgan fingerprint density at radius 1 is 1.39 bits per heavy atom. The van der Waals surface area contributed by atoms with Crippen molar-refractivity contribution in [2.75, 3.05) is 25.4 Å². The topological polar surface area (TPSA) is 71.2 Å². The normalized spacial score (nSPS) is 26.2. The standard InChI is InChI=1S/C17H20N4OS/c18-13-8-15(12-2-1-5-19-9-12)23-16(13)17(22)20-14-10-21-6-3-11(14)4-7-21/h1-2,5,8-9,11,14H,3-4,6-7,10,18H2,(H,20,22)/t14-/m0/s1. The minimum atomic E-state index is -0.0404. The lowest BCUT2D eigenvalue weighted by Crippen LogP contribution is -2.57. The van der Waals surface area contributed by atoms with E-state index in [1.165, 1.54) is 37.3 Å². The lowest BCUT2D eigenvalue weighted by molar-refractivity contribution is 0.0623. The van der Waals surface area contributed by atoms with Gasteiger partial charge in [0, 0.05) is 35.4 Å². The summed E-state index contributed by atoms with van der Waals surface area (Å²) in [5.41, 5.74) is 7.62. The molecule has 0 spiro atoms. The molecule has 0 aliphatic carbocycles. The largest absolute Gasteiger partial charge is 0.397 e. The summed E-state index contributed by atoms with van der Waals surface area (Å²) in [6.45, 7) is 3.31. The molecule has 1 atom stereocenters. The average Bonchev–Trinajstić information content (AvgIpc) is 2.99. The van der Waals surface area contributed by atoms with Crippen LogP contribution >= 0.6 is 11.3 Å². The number of thiophene rings is 1. The quantitative estimate of drug-likeness (QED) is 0.906. The lowest BCUT2D eigenvalue weighted by Gasteiger charge is -2.44. The minimum absolute atomic E-state index is 0.0404. The monoisotopic (exact) mass is 328 g/mol. The first kappa shape index (κ1) is 14.7. The van der Waals surface area contributed by atoms with Gasteiger partial charge in [-0.15, -0.1) is 11.3 Å². The number of nitrogens with one attached hydrogen (secondary N) is 1. The molecule has 6 heteroatoms. The highest BCUT2D eigenvalue weighted by Gasteiger charge is 2.35. The van der Waals surface area contributed by atoms with Crippen LogP contribution in [0.3, 0.4) is 0 Å². The van der Waals surface area contributed by atoms with E-state index in [1.54, 1.807) is 12.4 Å². The maximum absolute atomic E-state index is 12.6. The third kappa shape index (κ3) is 2.84. The molecule has 1 amide bonds. The van der Waals surface area contributed by atoms with Crippen LogP contribution in [-0.2, 0) is 0 Å². The SMILES string of the molecule is Nc1cc(-c2cccnc2)sc1C(=O)N[C@H]1CN2CCC1CC2. The van der Waals surface area contributed by atoms with Crippen molar-refractivity contribution in [3.63, 3.8) is 0 Å². The second-order valence-corrected chi connectivity index (χ2v) is 7.41. The summed E-state index contributed by atoms with van der Waals surface area (Å²) in [5.74, 6) is 0.573. The lowest BCUT2D eigenvalue weighted by atomic mass is 9.84. The zero-order valence-corrected chi connectivity index (χ0v) is 13.7. The Labute approximate surface area is 139 Å². The molecular formula is C17H20N4OS. The van der Waals surface area contributed by atoms with Crippen LogP contribution in [0.15, 0.2) is 30.6 Å². The van der Waals surface area contributed by atoms with Crippen molar-refractivity contribution in [2.45, 2.75) is 18.9 Å². The second-order valence-electron chi connectivity index (χ2n) is 6.35. The second kappa shape index (κ2) is 5.94. The Kier molecular flexibility index (Phi) is 3.79. The van der Waals surface area contributed by atoms with Crippen LogP contribution in [0, 0.1) is 5.92 Å². The van der Waals surface area contributed by atoms with Gasteiger partial charge in [0.2, 0.25) is 0 Å². The Bertz CT molecular complexity index is 707. The molecule has 3 N–H and O–H groups in total. The summed E-state index contributed by atoms with van der Waals surface area (Å²) in [6.07, 6.45) is 5.90. The van der Waals surface area contributed by atoms with E-state index in [9.17, 15) is 4.79 Å². The first-order valence-electron chi connectivity index (χ1n) is 8.03. The molecule has 5 heterocycles. The van der Waals surface area contributed by atoms with Crippen LogP contribution in [-0.4, -0.2) is 41.5 Å². The number of carbonyl (C=O) groups is 1. The Morgan fingerprint density at radius 2 is 2.22 bits per heavy atom. The Hall–Kier alpha value is -1.92. The number of pyridine rings is 1. The maximum Gasteiger partial charge on any atom is 0.263 e. The summed E-state index contributed by atoms with van der Waals surface area (Å²) >= 11 is 1.44. The highest BCUT2D eigenvalue weighted by molar-refractivity contribution is 7.18. The van der Waals surface area contributed by atoms with Crippen molar-refractivity contribution >= 4 is 22.9 Å². The number of nitrogens with zero attached hydrogens (tertiary/aromatic N) is 2. The molecule has 3 aliphatic heterocycles. The number of anilines is 1. The number of fused-ring (bicyclic) bond motifs is 3. The number of rotatable bonds is 3.